The average molecular weight is 342 g/mol. The van der Waals surface area contributed by atoms with Crippen LogP contribution in [0.5, 0.6) is 5.75 Å². The summed E-state index contributed by atoms with van der Waals surface area (Å²) in [6, 6.07) is 5.22. The van der Waals surface area contributed by atoms with Crippen LogP contribution in [0.4, 0.5) is 4.39 Å². The van der Waals surface area contributed by atoms with E-state index in [1.54, 1.807) is 32.3 Å². The van der Waals surface area contributed by atoms with Gasteiger partial charge in [0.2, 0.25) is 0 Å². The molecule has 4 nitrogen and oxygen atoms in total. The second-order valence-electron chi connectivity index (χ2n) is 6.84. The second-order valence-corrected chi connectivity index (χ2v) is 6.84. The highest BCUT2D eigenvalue weighted by molar-refractivity contribution is 6.06. The molecule has 1 aromatic carbocycles. The summed E-state index contributed by atoms with van der Waals surface area (Å²) in [7, 11) is 1.59. The Balaban J connectivity index is 2.11. The van der Waals surface area contributed by atoms with Gasteiger partial charge in [-0.1, -0.05) is 13.8 Å². The van der Waals surface area contributed by atoms with Crippen molar-refractivity contribution in [2.75, 3.05) is 6.61 Å². The van der Waals surface area contributed by atoms with Crippen LogP contribution in [0.25, 0.3) is 21.7 Å². The number of fused-ring (bicyclic) bond motifs is 3. The highest BCUT2D eigenvalue weighted by atomic mass is 19.1. The number of aromatic nitrogens is 2. The van der Waals surface area contributed by atoms with E-state index in [0.717, 1.165) is 18.2 Å². The van der Waals surface area contributed by atoms with Gasteiger partial charge in [-0.3, -0.25) is 9.78 Å². The molecule has 0 radical (unpaired) electrons. The lowest BCUT2D eigenvalue weighted by molar-refractivity contribution is 0.285. The van der Waals surface area contributed by atoms with Gasteiger partial charge in [0.1, 0.15) is 0 Å². The lowest BCUT2D eigenvalue weighted by Gasteiger charge is -2.14. The highest BCUT2D eigenvalue weighted by Gasteiger charge is 2.17. The van der Waals surface area contributed by atoms with Gasteiger partial charge in [0.25, 0.3) is 5.56 Å². The number of hydrogen-bond donors (Lipinski definition) is 0. The molecule has 0 spiro atoms. The van der Waals surface area contributed by atoms with E-state index < -0.39 is 5.82 Å². The minimum Gasteiger partial charge on any atom is -0.490 e. The van der Waals surface area contributed by atoms with Gasteiger partial charge >= 0.3 is 0 Å². The number of pyridine rings is 2. The summed E-state index contributed by atoms with van der Waals surface area (Å²) in [5.74, 6) is 0.295. The number of benzene rings is 1. The molecule has 2 heterocycles. The minimum atomic E-state index is -0.488. The fourth-order valence-corrected chi connectivity index (χ4v) is 3.21. The summed E-state index contributed by atoms with van der Waals surface area (Å²) in [5, 5.41) is 1.94. The molecule has 0 amide bonds. The van der Waals surface area contributed by atoms with Gasteiger partial charge in [0, 0.05) is 18.6 Å². The third kappa shape index (κ3) is 3.11. The predicted octanol–water partition coefficient (Wildman–Crippen LogP) is 4.35. The molecule has 0 unspecified atom stereocenters. The number of hydrogen-bond acceptors (Lipinski definition) is 3. The zero-order valence-corrected chi connectivity index (χ0v) is 15.1. The molecular weight excluding hydrogens is 319 g/mol. The molecule has 0 saturated heterocycles. The summed E-state index contributed by atoms with van der Waals surface area (Å²) in [6.45, 7) is 6.55. The Hall–Kier alpha value is -2.43. The van der Waals surface area contributed by atoms with Crippen LogP contribution >= 0.6 is 0 Å². The number of rotatable bonds is 5. The monoisotopic (exact) mass is 342 g/mol. The van der Waals surface area contributed by atoms with Crippen LogP contribution in [0.15, 0.2) is 29.2 Å². The summed E-state index contributed by atoms with van der Waals surface area (Å²) in [4.78, 5) is 16.9. The number of ether oxygens (including phenoxy) is 1. The summed E-state index contributed by atoms with van der Waals surface area (Å²) >= 11 is 0. The molecule has 0 aliphatic heterocycles. The smallest absolute Gasteiger partial charge is 0.260 e. The standard InChI is InChI=1S/C20H23FN2O2/c1-12(2)6-5-11-25-16-8-7-15-14-9-10-22-13(3)17(14)20(24)23(4)19(15)18(16)21/h7-10,12H,5-6,11H2,1-4H3. The summed E-state index contributed by atoms with van der Waals surface area (Å²) in [5.41, 5.74) is 0.669. The van der Waals surface area contributed by atoms with Crippen molar-refractivity contribution < 1.29 is 9.13 Å². The quantitative estimate of drug-likeness (QED) is 0.511. The van der Waals surface area contributed by atoms with Gasteiger partial charge < -0.3 is 9.30 Å². The first kappa shape index (κ1) is 17.4. The average Bonchev–Trinajstić information content (AvgIpc) is 2.57. The lowest BCUT2D eigenvalue weighted by Crippen LogP contribution is -2.19. The molecule has 5 heteroatoms. The molecule has 132 valence electrons. The van der Waals surface area contributed by atoms with E-state index in [9.17, 15) is 4.79 Å². The van der Waals surface area contributed by atoms with Crippen LogP contribution in [0.3, 0.4) is 0 Å². The Morgan fingerprint density at radius 1 is 1.24 bits per heavy atom. The first-order valence-electron chi connectivity index (χ1n) is 8.61. The maximum absolute atomic E-state index is 15.0. The zero-order chi connectivity index (χ0) is 18.1. The van der Waals surface area contributed by atoms with E-state index in [4.69, 9.17) is 4.74 Å². The van der Waals surface area contributed by atoms with Crippen molar-refractivity contribution in [3.05, 3.63) is 46.3 Å². The number of aryl methyl sites for hydroxylation is 2. The van der Waals surface area contributed by atoms with Crippen molar-refractivity contribution in [1.29, 1.82) is 0 Å². The Morgan fingerprint density at radius 2 is 2.00 bits per heavy atom. The molecule has 0 N–H and O–H groups in total. The zero-order valence-electron chi connectivity index (χ0n) is 15.1. The predicted molar refractivity (Wildman–Crippen MR) is 98.8 cm³/mol. The van der Waals surface area contributed by atoms with Crippen molar-refractivity contribution in [2.24, 2.45) is 13.0 Å². The molecular formula is C20H23FN2O2. The maximum Gasteiger partial charge on any atom is 0.260 e. The third-order valence-corrected chi connectivity index (χ3v) is 4.55. The van der Waals surface area contributed by atoms with Crippen molar-refractivity contribution in [3.8, 4) is 5.75 Å². The molecule has 0 saturated carbocycles. The summed E-state index contributed by atoms with van der Waals surface area (Å²) in [6.07, 6.45) is 3.55. The van der Waals surface area contributed by atoms with Gasteiger partial charge in [0.15, 0.2) is 11.6 Å². The number of halogens is 1. The normalized spacial score (nSPS) is 11.6. The van der Waals surface area contributed by atoms with Gasteiger partial charge in [-0.05, 0) is 49.3 Å². The Bertz CT molecular complexity index is 993. The Kier molecular flexibility index (Phi) is 4.75. The molecule has 25 heavy (non-hydrogen) atoms. The molecule has 0 aliphatic carbocycles. The fraction of sp³-hybridized carbons (Fsp3) is 0.400. The van der Waals surface area contributed by atoms with Crippen molar-refractivity contribution in [1.82, 2.24) is 9.55 Å². The Labute approximate surface area is 146 Å². The van der Waals surface area contributed by atoms with Crippen LogP contribution < -0.4 is 10.3 Å². The molecule has 0 atom stereocenters. The van der Waals surface area contributed by atoms with Gasteiger partial charge in [-0.2, -0.15) is 0 Å². The molecule has 3 rings (SSSR count). The molecule has 3 aromatic rings. The van der Waals surface area contributed by atoms with Crippen molar-refractivity contribution in [2.45, 2.75) is 33.6 Å². The maximum atomic E-state index is 15.0. The lowest BCUT2D eigenvalue weighted by atomic mass is 10.1. The van der Waals surface area contributed by atoms with E-state index in [2.05, 4.69) is 18.8 Å². The van der Waals surface area contributed by atoms with E-state index in [-0.39, 0.29) is 16.8 Å². The third-order valence-electron chi connectivity index (χ3n) is 4.55. The topological polar surface area (TPSA) is 44.1 Å². The molecule has 0 aliphatic rings. The van der Waals surface area contributed by atoms with Crippen molar-refractivity contribution in [3.63, 3.8) is 0 Å². The second kappa shape index (κ2) is 6.82. The van der Waals surface area contributed by atoms with Gasteiger partial charge in [-0.15, -0.1) is 0 Å². The van der Waals surface area contributed by atoms with Crippen LogP contribution in [0.2, 0.25) is 0 Å². The van der Waals surface area contributed by atoms with Gasteiger partial charge in [0.05, 0.1) is 23.2 Å². The molecule has 2 aromatic heterocycles. The van der Waals surface area contributed by atoms with E-state index in [0.29, 0.717) is 29.0 Å². The largest absolute Gasteiger partial charge is 0.490 e. The minimum absolute atomic E-state index is 0.191. The van der Waals surface area contributed by atoms with Crippen molar-refractivity contribution >= 4 is 21.7 Å². The van der Waals surface area contributed by atoms with E-state index >= 15 is 4.39 Å². The van der Waals surface area contributed by atoms with E-state index in [1.807, 2.05) is 6.07 Å². The first-order valence-corrected chi connectivity index (χ1v) is 8.61. The van der Waals surface area contributed by atoms with Crippen LogP contribution in [-0.4, -0.2) is 16.2 Å². The first-order chi connectivity index (χ1) is 11.9. The number of nitrogens with zero attached hydrogens (tertiary/aromatic N) is 2. The molecule has 0 bridgehead atoms. The van der Waals surface area contributed by atoms with Crippen LogP contribution in [0.1, 0.15) is 32.4 Å². The molecule has 0 fully saturated rings. The highest BCUT2D eigenvalue weighted by Crippen LogP contribution is 2.30. The van der Waals surface area contributed by atoms with Gasteiger partial charge in [-0.25, -0.2) is 4.39 Å². The SMILES string of the molecule is Cc1nccc2c1c(=O)n(C)c1c(F)c(OCCCC(C)C)ccc21. The van der Waals surface area contributed by atoms with Crippen LogP contribution in [0, 0.1) is 18.7 Å². The van der Waals surface area contributed by atoms with Crippen LogP contribution in [-0.2, 0) is 7.05 Å². The van der Waals surface area contributed by atoms with E-state index in [1.165, 1.54) is 4.57 Å². The Morgan fingerprint density at radius 3 is 2.72 bits per heavy atom. The summed E-state index contributed by atoms with van der Waals surface area (Å²) < 4.78 is 22.0. The fourth-order valence-electron chi connectivity index (χ4n) is 3.21.